The number of aromatic nitrogens is 2. The molecular formula is C21H27N5O2. The molecular weight excluding hydrogens is 354 g/mol. The third-order valence-electron chi connectivity index (χ3n) is 5.80. The van der Waals surface area contributed by atoms with Crippen molar-refractivity contribution >= 4 is 11.5 Å². The zero-order valence-corrected chi connectivity index (χ0v) is 16.6. The number of rotatable bonds is 3. The molecule has 4 N–H and O–H groups in total. The van der Waals surface area contributed by atoms with Crippen molar-refractivity contribution in [2.24, 2.45) is 10.9 Å². The molecule has 2 aliphatic rings. The van der Waals surface area contributed by atoms with Gasteiger partial charge in [0.05, 0.1) is 17.5 Å². The Morgan fingerprint density at radius 2 is 1.86 bits per heavy atom. The second kappa shape index (κ2) is 7.05. The Kier molecular flexibility index (Phi) is 4.71. The van der Waals surface area contributed by atoms with Crippen LogP contribution in [0.15, 0.2) is 29.7 Å². The Hall–Kier alpha value is -2.67. The Labute approximate surface area is 165 Å². The summed E-state index contributed by atoms with van der Waals surface area (Å²) in [5.41, 5.74) is 16.1. The van der Waals surface area contributed by atoms with Crippen molar-refractivity contribution in [1.29, 1.82) is 0 Å². The van der Waals surface area contributed by atoms with Crippen LogP contribution < -0.4 is 16.2 Å². The molecule has 0 bridgehead atoms. The van der Waals surface area contributed by atoms with Gasteiger partial charge in [0.15, 0.2) is 0 Å². The van der Waals surface area contributed by atoms with Gasteiger partial charge in [-0.2, -0.15) is 0 Å². The summed E-state index contributed by atoms with van der Waals surface area (Å²) in [5, 5.41) is 4.35. The van der Waals surface area contributed by atoms with Crippen molar-refractivity contribution in [2.45, 2.75) is 57.1 Å². The second-order valence-corrected chi connectivity index (χ2v) is 8.09. The molecule has 2 aliphatic carbocycles. The smallest absolute Gasteiger partial charge is 0.131 e. The lowest BCUT2D eigenvalue weighted by molar-refractivity contribution is 0.147. The highest BCUT2D eigenvalue weighted by Gasteiger charge is 2.41. The Morgan fingerprint density at radius 1 is 1.11 bits per heavy atom. The fourth-order valence-corrected chi connectivity index (χ4v) is 4.33. The van der Waals surface area contributed by atoms with E-state index in [4.69, 9.17) is 21.0 Å². The van der Waals surface area contributed by atoms with E-state index in [2.05, 4.69) is 29.0 Å². The first-order chi connectivity index (χ1) is 13.4. The van der Waals surface area contributed by atoms with Crippen LogP contribution in [0.2, 0.25) is 0 Å². The summed E-state index contributed by atoms with van der Waals surface area (Å²) in [5.74, 6) is 1.28. The maximum Gasteiger partial charge on any atom is 0.131 e. The molecule has 0 amide bonds. The van der Waals surface area contributed by atoms with Gasteiger partial charge in [-0.3, -0.25) is 0 Å². The molecule has 4 rings (SSSR count). The average Bonchev–Trinajstić information content (AvgIpc) is 2.66. The Bertz CT molecular complexity index is 917. The van der Waals surface area contributed by atoms with Crippen molar-refractivity contribution in [3.05, 3.63) is 35.7 Å². The van der Waals surface area contributed by atoms with E-state index in [0.717, 1.165) is 59.5 Å². The number of nitrogen functional groups attached to an aromatic ring is 1. The van der Waals surface area contributed by atoms with E-state index < -0.39 is 5.41 Å². The minimum atomic E-state index is -0.500. The third kappa shape index (κ3) is 3.09. The van der Waals surface area contributed by atoms with E-state index >= 15 is 0 Å². The average molecular weight is 381 g/mol. The molecule has 0 saturated heterocycles. The lowest BCUT2D eigenvalue weighted by Crippen LogP contribution is -2.36. The number of hydrogen-bond acceptors (Lipinski definition) is 7. The standard InChI is InChI=1S/C21H27N5O2/c1-21(2)17-18(24-11-25-20(17)23)15-9-8-14(10-16(15)19(21)26-27-3)28-13-6-4-12(22)5-7-13/h8-13H,4-7,22H2,1-3H3,(H2,23,24,25)/b26-19+/t12-,13-. The van der Waals surface area contributed by atoms with Gasteiger partial charge in [0.1, 0.15) is 25.0 Å². The molecule has 2 aromatic rings. The maximum absolute atomic E-state index is 6.27. The molecule has 0 radical (unpaired) electrons. The third-order valence-corrected chi connectivity index (χ3v) is 5.80. The molecule has 148 valence electrons. The van der Waals surface area contributed by atoms with Crippen molar-refractivity contribution in [3.63, 3.8) is 0 Å². The summed E-state index contributed by atoms with van der Waals surface area (Å²) in [6, 6.07) is 6.33. The number of fused-ring (bicyclic) bond motifs is 3. The number of anilines is 1. The SMILES string of the molecule is CO/N=C1\c2cc(O[C@H]3CC[C@H](N)CC3)ccc2-c2ncnc(N)c2C1(C)C. The molecule has 1 fully saturated rings. The Morgan fingerprint density at radius 3 is 2.57 bits per heavy atom. The van der Waals surface area contributed by atoms with Gasteiger partial charge in [0, 0.05) is 28.1 Å². The van der Waals surface area contributed by atoms with Crippen LogP contribution in [0.1, 0.15) is 50.7 Å². The Balaban J connectivity index is 1.78. The minimum Gasteiger partial charge on any atom is -0.490 e. The largest absolute Gasteiger partial charge is 0.490 e. The molecule has 0 spiro atoms. The summed E-state index contributed by atoms with van der Waals surface area (Å²) < 4.78 is 6.27. The van der Waals surface area contributed by atoms with Crippen LogP contribution in [0.5, 0.6) is 5.75 Å². The van der Waals surface area contributed by atoms with Gasteiger partial charge in [-0.15, -0.1) is 0 Å². The molecule has 1 aromatic heterocycles. The van der Waals surface area contributed by atoms with Crippen LogP contribution in [-0.2, 0) is 10.3 Å². The first kappa shape index (κ1) is 18.7. The second-order valence-electron chi connectivity index (χ2n) is 8.09. The fraction of sp³-hybridized carbons (Fsp3) is 0.476. The predicted molar refractivity (Wildman–Crippen MR) is 109 cm³/mol. The van der Waals surface area contributed by atoms with Gasteiger partial charge in [-0.1, -0.05) is 5.16 Å². The zero-order valence-electron chi connectivity index (χ0n) is 16.6. The zero-order chi connectivity index (χ0) is 19.9. The van der Waals surface area contributed by atoms with Crippen molar-refractivity contribution < 1.29 is 9.57 Å². The van der Waals surface area contributed by atoms with Gasteiger partial charge in [0.2, 0.25) is 0 Å². The van der Waals surface area contributed by atoms with Crippen LogP contribution in [-0.4, -0.2) is 34.9 Å². The normalized spacial score (nSPS) is 24.4. The summed E-state index contributed by atoms with van der Waals surface area (Å²) in [4.78, 5) is 13.9. The lowest BCUT2D eigenvalue weighted by atomic mass is 9.70. The topological polar surface area (TPSA) is 109 Å². The van der Waals surface area contributed by atoms with E-state index in [1.165, 1.54) is 6.33 Å². The molecule has 1 aromatic carbocycles. The monoisotopic (exact) mass is 381 g/mol. The number of hydrogen-bond donors (Lipinski definition) is 2. The van der Waals surface area contributed by atoms with Crippen LogP contribution in [0, 0.1) is 0 Å². The van der Waals surface area contributed by atoms with E-state index in [-0.39, 0.29) is 6.10 Å². The number of nitrogens with zero attached hydrogens (tertiary/aromatic N) is 3. The van der Waals surface area contributed by atoms with E-state index in [1.54, 1.807) is 7.11 Å². The number of oxime groups is 1. The van der Waals surface area contributed by atoms with Crippen LogP contribution in [0.3, 0.4) is 0 Å². The van der Waals surface area contributed by atoms with Gasteiger partial charge in [0.25, 0.3) is 0 Å². The van der Waals surface area contributed by atoms with Gasteiger partial charge < -0.3 is 21.0 Å². The highest BCUT2D eigenvalue weighted by atomic mass is 16.6. The van der Waals surface area contributed by atoms with Crippen molar-refractivity contribution in [3.8, 4) is 17.0 Å². The molecule has 0 atom stereocenters. The molecule has 1 heterocycles. The highest BCUT2D eigenvalue weighted by Crippen LogP contribution is 2.45. The molecule has 28 heavy (non-hydrogen) atoms. The van der Waals surface area contributed by atoms with E-state index in [0.29, 0.717) is 11.9 Å². The summed E-state index contributed by atoms with van der Waals surface area (Å²) in [7, 11) is 1.55. The molecule has 0 unspecified atom stereocenters. The number of ether oxygens (including phenoxy) is 1. The van der Waals surface area contributed by atoms with E-state index in [1.807, 2.05) is 18.2 Å². The quantitative estimate of drug-likeness (QED) is 0.791. The van der Waals surface area contributed by atoms with Crippen molar-refractivity contribution in [1.82, 2.24) is 9.97 Å². The summed E-state index contributed by atoms with van der Waals surface area (Å²) >= 11 is 0. The van der Waals surface area contributed by atoms with Gasteiger partial charge >= 0.3 is 0 Å². The summed E-state index contributed by atoms with van der Waals surface area (Å²) in [6.07, 6.45) is 5.67. The van der Waals surface area contributed by atoms with Crippen LogP contribution in [0.4, 0.5) is 5.82 Å². The first-order valence-corrected chi connectivity index (χ1v) is 9.71. The first-order valence-electron chi connectivity index (χ1n) is 9.71. The predicted octanol–water partition coefficient (Wildman–Crippen LogP) is 3.02. The molecule has 7 heteroatoms. The minimum absolute atomic E-state index is 0.197. The van der Waals surface area contributed by atoms with Crippen molar-refractivity contribution in [2.75, 3.05) is 12.8 Å². The van der Waals surface area contributed by atoms with E-state index in [9.17, 15) is 0 Å². The van der Waals surface area contributed by atoms with Crippen LogP contribution >= 0.6 is 0 Å². The number of nitrogens with two attached hydrogens (primary N) is 2. The maximum atomic E-state index is 6.27. The lowest BCUT2D eigenvalue weighted by Gasteiger charge is -2.35. The summed E-state index contributed by atoms with van der Waals surface area (Å²) in [6.45, 7) is 4.12. The molecule has 1 saturated carbocycles. The molecule has 7 nitrogen and oxygen atoms in total. The van der Waals surface area contributed by atoms with Gasteiger partial charge in [-0.05, 0) is 57.7 Å². The highest BCUT2D eigenvalue weighted by molar-refractivity contribution is 6.15. The fourth-order valence-electron chi connectivity index (χ4n) is 4.33. The van der Waals surface area contributed by atoms with Gasteiger partial charge in [-0.25, -0.2) is 9.97 Å². The van der Waals surface area contributed by atoms with Crippen LogP contribution in [0.25, 0.3) is 11.3 Å². The molecule has 0 aliphatic heterocycles. The number of benzene rings is 1.